The molecule has 0 N–H and O–H groups in total. The zero-order valence-electron chi connectivity index (χ0n) is 8.08. The molecule has 0 saturated heterocycles. The molecule has 0 aliphatic carbocycles. The van der Waals surface area contributed by atoms with Crippen LogP contribution in [0.25, 0.3) is 0 Å². The Morgan fingerprint density at radius 1 is 0.938 bits per heavy atom. The molecule has 0 amide bonds. The minimum absolute atomic E-state index is 0.462. The van der Waals surface area contributed by atoms with E-state index in [1.807, 2.05) is 13.3 Å². The van der Waals surface area contributed by atoms with Crippen molar-refractivity contribution in [2.45, 2.75) is 14.5 Å². The SMILES string of the molecule is C[CH]c1ccc(C(Cl)(Cl)Cl)cc1C(Cl)(Cl)Cl. The van der Waals surface area contributed by atoms with E-state index in [2.05, 4.69) is 0 Å². The molecule has 0 aliphatic heterocycles. The van der Waals surface area contributed by atoms with Crippen LogP contribution in [-0.2, 0) is 7.59 Å². The molecule has 0 aliphatic rings. The molecule has 0 atom stereocenters. The number of halogens is 6. The summed E-state index contributed by atoms with van der Waals surface area (Å²) in [6, 6.07) is 5.01. The standard InChI is InChI=1S/C10H7Cl6/c1-2-6-3-4-7(9(11,12)13)5-8(6)10(14,15)16/h2-5H,1H3. The molecule has 0 nitrogen and oxygen atoms in total. The van der Waals surface area contributed by atoms with Gasteiger partial charge in [-0.1, -0.05) is 88.7 Å². The van der Waals surface area contributed by atoms with Crippen molar-refractivity contribution in [1.29, 1.82) is 0 Å². The summed E-state index contributed by atoms with van der Waals surface area (Å²) in [5, 5.41) is 0. The first-order valence-electron chi connectivity index (χ1n) is 4.24. The van der Waals surface area contributed by atoms with Gasteiger partial charge in [-0.25, -0.2) is 0 Å². The summed E-state index contributed by atoms with van der Waals surface area (Å²) in [5.74, 6) is 0. The van der Waals surface area contributed by atoms with Gasteiger partial charge < -0.3 is 0 Å². The van der Waals surface area contributed by atoms with E-state index in [9.17, 15) is 0 Å². The van der Waals surface area contributed by atoms with Crippen LogP contribution in [0.2, 0.25) is 0 Å². The molecule has 0 heterocycles. The van der Waals surface area contributed by atoms with E-state index in [1.165, 1.54) is 0 Å². The highest BCUT2D eigenvalue weighted by atomic mass is 35.6. The lowest BCUT2D eigenvalue weighted by molar-refractivity contribution is 1.14. The van der Waals surface area contributed by atoms with Crippen molar-refractivity contribution in [2.24, 2.45) is 0 Å². The van der Waals surface area contributed by atoms with Crippen LogP contribution >= 0.6 is 69.6 Å². The van der Waals surface area contributed by atoms with E-state index in [1.54, 1.807) is 18.2 Å². The maximum Gasteiger partial charge on any atom is 0.216 e. The van der Waals surface area contributed by atoms with Crippen molar-refractivity contribution in [3.05, 3.63) is 41.3 Å². The van der Waals surface area contributed by atoms with Crippen LogP contribution in [0.1, 0.15) is 23.6 Å². The Morgan fingerprint density at radius 2 is 1.50 bits per heavy atom. The first kappa shape index (κ1) is 15.0. The molecule has 0 saturated carbocycles. The lowest BCUT2D eigenvalue weighted by atomic mass is 10.0. The van der Waals surface area contributed by atoms with Gasteiger partial charge >= 0.3 is 0 Å². The minimum Gasteiger partial charge on any atom is -0.0784 e. The summed E-state index contributed by atoms with van der Waals surface area (Å²) in [6.45, 7) is 1.84. The van der Waals surface area contributed by atoms with Crippen LogP contribution in [0.15, 0.2) is 18.2 Å². The lowest BCUT2D eigenvalue weighted by Crippen LogP contribution is -2.08. The summed E-state index contributed by atoms with van der Waals surface area (Å²) in [6.07, 6.45) is 1.82. The van der Waals surface area contributed by atoms with Gasteiger partial charge in [0.2, 0.25) is 7.59 Å². The van der Waals surface area contributed by atoms with Crippen LogP contribution < -0.4 is 0 Å². The van der Waals surface area contributed by atoms with Crippen LogP contribution in [0.3, 0.4) is 0 Å². The number of hydrogen-bond acceptors (Lipinski definition) is 0. The number of benzene rings is 1. The van der Waals surface area contributed by atoms with E-state index in [4.69, 9.17) is 69.6 Å². The topological polar surface area (TPSA) is 0 Å². The monoisotopic (exact) mass is 337 g/mol. The third kappa shape index (κ3) is 3.73. The van der Waals surface area contributed by atoms with Crippen LogP contribution in [0, 0.1) is 6.42 Å². The molecular weight excluding hydrogens is 333 g/mol. The highest BCUT2D eigenvalue weighted by molar-refractivity contribution is 6.67. The van der Waals surface area contributed by atoms with Crippen molar-refractivity contribution in [1.82, 2.24) is 0 Å². The zero-order chi connectivity index (χ0) is 12.6. The molecule has 0 aromatic heterocycles. The quantitative estimate of drug-likeness (QED) is 0.558. The second-order valence-electron chi connectivity index (χ2n) is 3.09. The number of hydrogen-bond donors (Lipinski definition) is 0. The van der Waals surface area contributed by atoms with Gasteiger partial charge in [-0.15, -0.1) is 0 Å². The fraction of sp³-hybridized carbons (Fsp3) is 0.300. The van der Waals surface area contributed by atoms with Crippen molar-refractivity contribution < 1.29 is 0 Å². The van der Waals surface area contributed by atoms with Crippen LogP contribution in [0.4, 0.5) is 0 Å². The number of rotatable bonds is 1. The number of alkyl halides is 6. The Balaban J connectivity index is 3.34. The second kappa shape index (κ2) is 5.30. The molecule has 0 fully saturated rings. The summed E-state index contributed by atoms with van der Waals surface area (Å²) in [4.78, 5) is 0. The Hall–Kier alpha value is 0.960. The summed E-state index contributed by atoms with van der Waals surface area (Å²) in [5.41, 5.74) is 1.74. The molecule has 16 heavy (non-hydrogen) atoms. The van der Waals surface area contributed by atoms with Gasteiger partial charge in [0.1, 0.15) is 0 Å². The fourth-order valence-electron chi connectivity index (χ4n) is 1.23. The van der Waals surface area contributed by atoms with Crippen LogP contribution in [0.5, 0.6) is 0 Å². The summed E-state index contributed by atoms with van der Waals surface area (Å²) >= 11 is 34.8. The van der Waals surface area contributed by atoms with E-state index in [0.717, 1.165) is 5.56 Å². The van der Waals surface area contributed by atoms with Crippen LogP contribution in [-0.4, -0.2) is 0 Å². The van der Waals surface area contributed by atoms with Gasteiger partial charge in [0, 0.05) is 11.1 Å². The molecule has 1 rings (SSSR count). The van der Waals surface area contributed by atoms with Gasteiger partial charge in [-0.05, 0) is 18.1 Å². The third-order valence-electron chi connectivity index (χ3n) is 2.00. The highest BCUT2D eigenvalue weighted by Gasteiger charge is 2.30. The van der Waals surface area contributed by atoms with E-state index >= 15 is 0 Å². The minimum atomic E-state index is -1.55. The molecule has 89 valence electrons. The molecular formula is C10H7Cl6. The van der Waals surface area contributed by atoms with Gasteiger partial charge in [-0.3, -0.25) is 0 Å². The predicted octanol–water partition coefficient (Wildman–Crippen LogP) is 5.91. The summed E-state index contributed by atoms with van der Waals surface area (Å²) in [7, 11) is 0. The van der Waals surface area contributed by atoms with Crippen molar-refractivity contribution in [2.75, 3.05) is 0 Å². The lowest BCUT2D eigenvalue weighted by Gasteiger charge is -2.19. The van der Waals surface area contributed by atoms with Crippen molar-refractivity contribution in [3.8, 4) is 0 Å². The molecule has 1 radical (unpaired) electrons. The Labute approximate surface area is 125 Å². The fourth-order valence-corrected chi connectivity index (χ4v) is 2.07. The van der Waals surface area contributed by atoms with E-state index in [-0.39, 0.29) is 0 Å². The maximum absolute atomic E-state index is 5.85. The molecule has 0 spiro atoms. The molecule has 1 aromatic rings. The molecule has 6 heteroatoms. The largest absolute Gasteiger partial charge is 0.216 e. The molecule has 1 aromatic carbocycles. The third-order valence-corrected chi connectivity index (χ3v) is 3.26. The maximum atomic E-state index is 5.85. The second-order valence-corrected chi connectivity index (χ2v) is 7.65. The molecule has 0 bridgehead atoms. The zero-order valence-corrected chi connectivity index (χ0v) is 12.6. The van der Waals surface area contributed by atoms with Gasteiger partial charge in [0.15, 0.2) is 0 Å². The average Bonchev–Trinajstić information content (AvgIpc) is 2.14. The van der Waals surface area contributed by atoms with Gasteiger partial charge in [-0.2, -0.15) is 0 Å². The van der Waals surface area contributed by atoms with Crippen molar-refractivity contribution >= 4 is 69.6 Å². The normalized spacial score (nSPS) is 12.9. The smallest absolute Gasteiger partial charge is 0.0784 e. The predicted molar refractivity (Wildman–Crippen MR) is 74.0 cm³/mol. The average molecular weight is 340 g/mol. The van der Waals surface area contributed by atoms with Crippen molar-refractivity contribution in [3.63, 3.8) is 0 Å². The first-order valence-corrected chi connectivity index (χ1v) is 6.51. The summed E-state index contributed by atoms with van der Waals surface area (Å²) < 4.78 is -3.08. The first-order chi connectivity index (χ1) is 7.16. The Bertz CT molecular complexity index is 374. The molecule has 0 unspecified atom stereocenters. The Kier molecular flexibility index (Phi) is 4.98. The van der Waals surface area contributed by atoms with E-state index in [0.29, 0.717) is 11.1 Å². The Morgan fingerprint density at radius 3 is 1.88 bits per heavy atom. The van der Waals surface area contributed by atoms with E-state index < -0.39 is 7.59 Å². The van der Waals surface area contributed by atoms with Gasteiger partial charge in [0.05, 0.1) is 0 Å². The van der Waals surface area contributed by atoms with Gasteiger partial charge in [0.25, 0.3) is 0 Å². The highest BCUT2D eigenvalue weighted by Crippen LogP contribution is 2.44.